The smallest absolute Gasteiger partial charge is 0.239 e. The Morgan fingerprint density at radius 1 is 1.60 bits per heavy atom. The standard InChI is InChI=1S/C11H18N2O2/c1-8(2)10(12)11(14)13(3)6-9-4-5-15-7-9/h4-5,7-8,10H,6,12H2,1-3H3. The zero-order chi connectivity index (χ0) is 11.4. The van der Waals surface area contributed by atoms with Crippen LogP contribution in [-0.2, 0) is 11.3 Å². The average molecular weight is 210 g/mol. The lowest BCUT2D eigenvalue weighted by Gasteiger charge is -2.22. The first kappa shape index (κ1) is 11.8. The zero-order valence-corrected chi connectivity index (χ0v) is 9.43. The minimum absolute atomic E-state index is 0.0359. The molecule has 0 spiro atoms. The van der Waals surface area contributed by atoms with Crippen molar-refractivity contribution in [2.45, 2.75) is 26.4 Å². The van der Waals surface area contributed by atoms with Gasteiger partial charge in [-0.05, 0) is 12.0 Å². The first-order chi connectivity index (χ1) is 7.02. The van der Waals surface area contributed by atoms with Crippen LogP contribution in [0.15, 0.2) is 23.0 Å². The lowest BCUT2D eigenvalue weighted by molar-refractivity contribution is -0.132. The van der Waals surface area contributed by atoms with Crippen LogP contribution in [0, 0.1) is 5.92 Å². The third-order valence-electron chi connectivity index (χ3n) is 2.38. The van der Waals surface area contributed by atoms with Gasteiger partial charge in [-0.15, -0.1) is 0 Å². The summed E-state index contributed by atoms with van der Waals surface area (Å²) < 4.78 is 4.93. The van der Waals surface area contributed by atoms with Gasteiger partial charge in [0.2, 0.25) is 5.91 Å². The Balaban J connectivity index is 2.54. The van der Waals surface area contributed by atoms with Gasteiger partial charge in [0, 0.05) is 19.2 Å². The van der Waals surface area contributed by atoms with Crippen LogP contribution in [0.2, 0.25) is 0 Å². The lowest BCUT2D eigenvalue weighted by Crippen LogP contribution is -2.44. The molecule has 15 heavy (non-hydrogen) atoms. The summed E-state index contributed by atoms with van der Waals surface area (Å²) in [7, 11) is 1.75. The van der Waals surface area contributed by atoms with E-state index in [-0.39, 0.29) is 11.8 Å². The number of carbonyl (C=O) groups excluding carboxylic acids is 1. The Morgan fingerprint density at radius 2 is 2.27 bits per heavy atom. The molecule has 0 saturated heterocycles. The summed E-state index contributed by atoms with van der Waals surface area (Å²) >= 11 is 0. The SMILES string of the molecule is CC(C)C(N)C(=O)N(C)Cc1ccoc1. The molecule has 0 aliphatic carbocycles. The summed E-state index contributed by atoms with van der Waals surface area (Å²) in [4.78, 5) is 13.4. The molecular formula is C11H18N2O2. The van der Waals surface area contributed by atoms with Crippen LogP contribution in [-0.4, -0.2) is 23.9 Å². The topological polar surface area (TPSA) is 59.5 Å². The minimum atomic E-state index is -0.429. The Bertz CT molecular complexity index is 306. The first-order valence-corrected chi connectivity index (χ1v) is 5.04. The van der Waals surface area contributed by atoms with Crippen molar-refractivity contribution >= 4 is 5.91 Å². The summed E-state index contributed by atoms with van der Waals surface area (Å²) in [6.07, 6.45) is 3.22. The molecule has 0 saturated carbocycles. The predicted octanol–water partition coefficient (Wildman–Crippen LogP) is 1.22. The van der Waals surface area contributed by atoms with Crippen LogP contribution in [0.25, 0.3) is 0 Å². The summed E-state index contributed by atoms with van der Waals surface area (Å²) in [6, 6.07) is 1.41. The predicted molar refractivity (Wildman–Crippen MR) is 58.0 cm³/mol. The quantitative estimate of drug-likeness (QED) is 0.813. The van der Waals surface area contributed by atoms with Gasteiger partial charge in [-0.3, -0.25) is 4.79 Å². The highest BCUT2D eigenvalue weighted by Gasteiger charge is 2.21. The first-order valence-electron chi connectivity index (χ1n) is 5.04. The third-order valence-corrected chi connectivity index (χ3v) is 2.38. The molecule has 1 aromatic rings. The van der Waals surface area contributed by atoms with Crippen molar-refractivity contribution in [3.8, 4) is 0 Å². The number of rotatable bonds is 4. The molecule has 1 unspecified atom stereocenters. The van der Waals surface area contributed by atoms with Gasteiger partial charge in [-0.25, -0.2) is 0 Å². The van der Waals surface area contributed by atoms with E-state index in [1.165, 1.54) is 0 Å². The second-order valence-corrected chi connectivity index (χ2v) is 4.10. The summed E-state index contributed by atoms with van der Waals surface area (Å²) in [6.45, 7) is 4.41. The molecular weight excluding hydrogens is 192 g/mol. The van der Waals surface area contributed by atoms with E-state index < -0.39 is 6.04 Å². The van der Waals surface area contributed by atoms with Crippen molar-refractivity contribution in [1.29, 1.82) is 0 Å². The van der Waals surface area contributed by atoms with Gasteiger partial charge in [0.1, 0.15) is 0 Å². The van der Waals surface area contributed by atoms with Gasteiger partial charge in [0.05, 0.1) is 18.6 Å². The van der Waals surface area contributed by atoms with Crippen molar-refractivity contribution in [2.75, 3.05) is 7.05 Å². The largest absolute Gasteiger partial charge is 0.472 e. The number of carbonyl (C=O) groups is 1. The number of furan rings is 1. The van der Waals surface area contributed by atoms with E-state index >= 15 is 0 Å². The van der Waals surface area contributed by atoms with Crippen LogP contribution in [0.1, 0.15) is 19.4 Å². The van der Waals surface area contributed by atoms with Crippen molar-refractivity contribution < 1.29 is 9.21 Å². The maximum atomic E-state index is 11.8. The van der Waals surface area contributed by atoms with Crippen LogP contribution in [0.4, 0.5) is 0 Å². The molecule has 1 atom stereocenters. The monoisotopic (exact) mass is 210 g/mol. The molecule has 1 aromatic heterocycles. The van der Waals surface area contributed by atoms with E-state index in [0.29, 0.717) is 6.54 Å². The van der Waals surface area contributed by atoms with E-state index in [1.807, 2.05) is 19.9 Å². The Kier molecular flexibility index (Phi) is 3.91. The van der Waals surface area contributed by atoms with E-state index in [9.17, 15) is 4.79 Å². The number of hydrogen-bond donors (Lipinski definition) is 1. The molecule has 0 radical (unpaired) electrons. The molecule has 1 rings (SSSR count). The molecule has 84 valence electrons. The molecule has 4 nitrogen and oxygen atoms in total. The molecule has 1 amide bonds. The highest BCUT2D eigenvalue weighted by molar-refractivity contribution is 5.81. The normalized spacial score (nSPS) is 12.9. The van der Waals surface area contributed by atoms with Gasteiger partial charge in [-0.1, -0.05) is 13.8 Å². The number of hydrogen-bond acceptors (Lipinski definition) is 3. The number of amides is 1. The zero-order valence-electron chi connectivity index (χ0n) is 9.43. The van der Waals surface area contributed by atoms with E-state index in [0.717, 1.165) is 5.56 Å². The third kappa shape index (κ3) is 3.09. The number of likely N-dealkylation sites (N-methyl/N-ethyl adjacent to an activating group) is 1. The second-order valence-electron chi connectivity index (χ2n) is 4.10. The molecule has 0 bridgehead atoms. The molecule has 1 heterocycles. The van der Waals surface area contributed by atoms with E-state index in [1.54, 1.807) is 24.5 Å². The fourth-order valence-corrected chi connectivity index (χ4v) is 1.27. The lowest BCUT2D eigenvalue weighted by atomic mass is 10.0. The fraction of sp³-hybridized carbons (Fsp3) is 0.545. The summed E-state index contributed by atoms with van der Waals surface area (Å²) in [5.74, 6) is 0.121. The Labute approximate surface area is 90.0 Å². The molecule has 0 fully saturated rings. The van der Waals surface area contributed by atoms with Crippen molar-refractivity contribution in [2.24, 2.45) is 11.7 Å². The maximum absolute atomic E-state index is 11.8. The van der Waals surface area contributed by atoms with Gasteiger partial charge < -0.3 is 15.1 Å². The van der Waals surface area contributed by atoms with Crippen molar-refractivity contribution in [3.63, 3.8) is 0 Å². The summed E-state index contributed by atoms with van der Waals surface area (Å²) in [5.41, 5.74) is 6.75. The Hall–Kier alpha value is -1.29. The van der Waals surface area contributed by atoms with E-state index in [2.05, 4.69) is 0 Å². The average Bonchev–Trinajstić information content (AvgIpc) is 2.67. The van der Waals surface area contributed by atoms with Gasteiger partial charge in [0.15, 0.2) is 0 Å². The molecule has 0 aliphatic rings. The van der Waals surface area contributed by atoms with Crippen LogP contribution in [0.3, 0.4) is 0 Å². The highest BCUT2D eigenvalue weighted by atomic mass is 16.3. The molecule has 4 heteroatoms. The number of nitrogens with zero attached hydrogens (tertiary/aromatic N) is 1. The van der Waals surface area contributed by atoms with Gasteiger partial charge >= 0.3 is 0 Å². The fourth-order valence-electron chi connectivity index (χ4n) is 1.27. The van der Waals surface area contributed by atoms with Crippen molar-refractivity contribution in [1.82, 2.24) is 4.90 Å². The van der Waals surface area contributed by atoms with Crippen molar-refractivity contribution in [3.05, 3.63) is 24.2 Å². The van der Waals surface area contributed by atoms with Gasteiger partial charge in [-0.2, -0.15) is 0 Å². The molecule has 2 N–H and O–H groups in total. The van der Waals surface area contributed by atoms with E-state index in [4.69, 9.17) is 10.2 Å². The second kappa shape index (κ2) is 4.98. The maximum Gasteiger partial charge on any atom is 0.239 e. The highest BCUT2D eigenvalue weighted by Crippen LogP contribution is 2.07. The van der Waals surface area contributed by atoms with Gasteiger partial charge in [0.25, 0.3) is 0 Å². The number of nitrogens with two attached hydrogens (primary N) is 1. The van der Waals surface area contributed by atoms with Crippen LogP contribution >= 0.6 is 0 Å². The van der Waals surface area contributed by atoms with Crippen LogP contribution in [0.5, 0.6) is 0 Å². The van der Waals surface area contributed by atoms with Crippen LogP contribution < -0.4 is 5.73 Å². The minimum Gasteiger partial charge on any atom is -0.472 e. The summed E-state index contributed by atoms with van der Waals surface area (Å²) in [5, 5.41) is 0. The molecule has 0 aromatic carbocycles. The Morgan fingerprint density at radius 3 is 2.73 bits per heavy atom. The molecule has 0 aliphatic heterocycles.